The lowest BCUT2D eigenvalue weighted by atomic mass is 10.3. The molecule has 8 heteroatoms. The maximum Gasteiger partial charge on any atom is 0.389 e. The van der Waals surface area contributed by atoms with Crippen molar-refractivity contribution in [2.75, 3.05) is 6.61 Å². The Morgan fingerprint density at radius 1 is 1.71 bits per heavy atom. The van der Waals surface area contributed by atoms with Crippen molar-refractivity contribution in [2.24, 2.45) is 0 Å². The van der Waals surface area contributed by atoms with Gasteiger partial charge in [-0.2, -0.15) is 4.68 Å². The number of hydrogen-bond acceptors (Lipinski definition) is 5. The molecule has 1 saturated carbocycles. The molecule has 17 heavy (non-hydrogen) atoms. The van der Waals surface area contributed by atoms with Crippen LogP contribution in [0.25, 0.3) is 0 Å². The Morgan fingerprint density at radius 3 is 2.88 bits per heavy atom. The molecule has 1 aromatic rings. The number of nitrogens with one attached hydrogen (secondary N) is 1. The van der Waals surface area contributed by atoms with Crippen molar-refractivity contribution in [3.63, 3.8) is 0 Å². The zero-order valence-electron chi connectivity index (χ0n) is 9.00. The second-order valence-electron chi connectivity index (χ2n) is 4.12. The van der Waals surface area contributed by atoms with Crippen LogP contribution in [0.3, 0.4) is 0 Å². The third-order valence-electron chi connectivity index (χ3n) is 2.68. The van der Waals surface area contributed by atoms with Crippen LogP contribution in [0.2, 0.25) is 0 Å². The van der Waals surface area contributed by atoms with E-state index in [1.165, 1.54) is 16.9 Å². The number of nitro groups is 1. The maximum atomic E-state index is 11.6. The van der Waals surface area contributed by atoms with Crippen LogP contribution >= 0.6 is 0 Å². The number of aliphatic hydroxyl groups is 1. The summed E-state index contributed by atoms with van der Waals surface area (Å²) in [6.07, 6.45) is 2.89. The van der Waals surface area contributed by atoms with Gasteiger partial charge in [-0.25, -0.2) is 0 Å². The number of nitrogens with zero attached hydrogens (tertiary/aromatic N) is 3. The average molecular weight is 240 g/mol. The van der Waals surface area contributed by atoms with Crippen LogP contribution in [0.4, 0.5) is 5.82 Å². The van der Waals surface area contributed by atoms with Gasteiger partial charge in [0.2, 0.25) is 5.91 Å². The van der Waals surface area contributed by atoms with E-state index >= 15 is 0 Å². The molecular weight excluding hydrogens is 228 g/mol. The van der Waals surface area contributed by atoms with Gasteiger partial charge >= 0.3 is 5.82 Å². The molecule has 0 unspecified atom stereocenters. The van der Waals surface area contributed by atoms with Gasteiger partial charge in [0.1, 0.15) is 6.54 Å². The minimum atomic E-state index is -0.621. The molecule has 1 aliphatic carbocycles. The van der Waals surface area contributed by atoms with Crippen LogP contribution in [-0.2, 0) is 11.3 Å². The van der Waals surface area contributed by atoms with E-state index in [-0.39, 0.29) is 24.9 Å². The Morgan fingerprint density at radius 2 is 2.41 bits per heavy atom. The number of aromatic nitrogens is 2. The molecule has 0 radical (unpaired) electrons. The molecule has 0 aliphatic heterocycles. The molecule has 0 saturated heterocycles. The molecule has 2 N–H and O–H groups in total. The first-order valence-electron chi connectivity index (χ1n) is 5.14. The van der Waals surface area contributed by atoms with Gasteiger partial charge in [-0.3, -0.25) is 4.79 Å². The van der Waals surface area contributed by atoms with Crippen LogP contribution in [0, 0.1) is 10.1 Å². The minimum Gasteiger partial charge on any atom is -0.394 e. The number of rotatable bonds is 5. The van der Waals surface area contributed by atoms with E-state index in [9.17, 15) is 14.9 Å². The molecular formula is C9H12N4O4. The molecule has 92 valence electrons. The Bertz CT molecular complexity index is 452. The van der Waals surface area contributed by atoms with E-state index in [1.807, 2.05) is 0 Å². The third kappa shape index (κ3) is 2.59. The van der Waals surface area contributed by atoms with Crippen molar-refractivity contribution in [3.8, 4) is 0 Å². The summed E-state index contributed by atoms with van der Waals surface area (Å²) in [5.41, 5.74) is -0.476. The maximum absolute atomic E-state index is 11.6. The first kappa shape index (κ1) is 11.5. The lowest BCUT2D eigenvalue weighted by Crippen LogP contribution is -2.41. The first-order valence-corrected chi connectivity index (χ1v) is 5.14. The molecule has 1 amide bonds. The van der Waals surface area contributed by atoms with Gasteiger partial charge in [0, 0.05) is 0 Å². The SMILES string of the molecule is O=C(Cn1ccc([N+](=O)[O-])n1)NC1(CO)CC1. The molecule has 8 nitrogen and oxygen atoms in total. The van der Waals surface area contributed by atoms with Gasteiger partial charge in [0.15, 0.2) is 0 Å². The normalized spacial score (nSPS) is 16.5. The van der Waals surface area contributed by atoms with E-state index < -0.39 is 10.5 Å². The summed E-state index contributed by atoms with van der Waals surface area (Å²) in [6.45, 7) is -0.173. The van der Waals surface area contributed by atoms with E-state index in [1.54, 1.807) is 0 Å². The molecule has 0 atom stereocenters. The number of carbonyl (C=O) groups is 1. The van der Waals surface area contributed by atoms with Crippen molar-refractivity contribution in [3.05, 3.63) is 22.4 Å². The Kier molecular flexibility index (Phi) is 2.80. The topological polar surface area (TPSA) is 110 Å². The standard InChI is InChI=1S/C9H12N4O4/c14-6-9(2-3-9)10-8(15)5-12-4-1-7(11-12)13(16)17/h1,4,14H,2-3,5-6H2,(H,10,15). The summed E-state index contributed by atoms with van der Waals surface area (Å²) in [5, 5.41) is 25.7. The summed E-state index contributed by atoms with van der Waals surface area (Å²) >= 11 is 0. The van der Waals surface area contributed by atoms with E-state index in [0.29, 0.717) is 0 Å². The summed E-state index contributed by atoms with van der Waals surface area (Å²) in [7, 11) is 0. The minimum absolute atomic E-state index is 0.0853. The number of hydrogen-bond donors (Lipinski definition) is 2. The molecule has 0 aromatic carbocycles. The highest BCUT2D eigenvalue weighted by molar-refractivity contribution is 5.77. The molecule has 1 aromatic heterocycles. The lowest BCUT2D eigenvalue weighted by molar-refractivity contribution is -0.389. The Hall–Kier alpha value is -1.96. The number of amides is 1. The fraction of sp³-hybridized carbons (Fsp3) is 0.556. The Balaban J connectivity index is 1.91. The monoisotopic (exact) mass is 240 g/mol. The predicted molar refractivity (Wildman–Crippen MR) is 56.1 cm³/mol. The van der Waals surface area contributed by atoms with Crippen molar-refractivity contribution in [1.82, 2.24) is 15.1 Å². The van der Waals surface area contributed by atoms with Crippen molar-refractivity contribution in [2.45, 2.75) is 24.9 Å². The van der Waals surface area contributed by atoms with Crippen LogP contribution in [0.5, 0.6) is 0 Å². The van der Waals surface area contributed by atoms with Gasteiger partial charge in [-0.15, -0.1) is 0 Å². The molecule has 2 rings (SSSR count). The van der Waals surface area contributed by atoms with Gasteiger partial charge in [-0.05, 0) is 17.8 Å². The van der Waals surface area contributed by atoms with E-state index in [2.05, 4.69) is 10.4 Å². The van der Waals surface area contributed by atoms with Crippen LogP contribution in [-0.4, -0.2) is 37.9 Å². The summed E-state index contributed by atoms with van der Waals surface area (Å²) in [5.74, 6) is -0.601. The van der Waals surface area contributed by atoms with Crippen molar-refractivity contribution < 1.29 is 14.8 Å². The highest BCUT2D eigenvalue weighted by Crippen LogP contribution is 2.34. The van der Waals surface area contributed by atoms with Crippen LogP contribution in [0.1, 0.15) is 12.8 Å². The zero-order chi connectivity index (χ0) is 12.5. The van der Waals surface area contributed by atoms with Crippen molar-refractivity contribution in [1.29, 1.82) is 0 Å². The van der Waals surface area contributed by atoms with Gasteiger partial charge in [0.25, 0.3) is 0 Å². The van der Waals surface area contributed by atoms with Crippen LogP contribution < -0.4 is 5.32 Å². The fourth-order valence-corrected chi connectivity index (χ4v) is 1.49. The zero-order valence-corrected chi connectivity index (χ0v) is 9.00. The second kappa shape index (κ2) is 4.13. The van der Waals surface area contributed by atoms with Crippen LogP contribution in [0.15, 0.2) is 12.3 Å². The smallest absolute Gasteiger partial charge is 0.389 e. The summed E-state index contributed by atoms with van der Waals surface area (Å²) < 4.78 is 1.20. The highest BCUT2D eigenvalue weighted by Gasteiger charge is 2.43. The summed E-state index contributed by atoms with van der Waals surface area (Å²) in [6, 6.07) is 1.23. The quantitative estimate of drug-likeness (QED) is 0.529. The summed E-state index contributed by atoms with van der Waals surface area (Å²) in [4.78, 5) is 21.3. The average Bonchev–Trinajstić information content (AvgIpc) is 2.87. The number of aliphatic hydroxyl groups excluding tert-OH is 1. The fourth-order valence-electron chi connectivity index (χ4n) is 1.49. The van der Waals surface area contributed by atoms with Crippen molar-refractivity contribution >= 4 is 11.7 Å². The second-order valence-corrected chi connectivity index (χ2v) is 4.12. The Labute approximate surface area is 96.4 Å². The number of carbonyl (C=O) groups excluding carboxylic acids is 1. The largest absolute Gasteiger partial charge is 0.394 e. The van der Waals surface area contributed by atoms with Gasteiger partial charge < -0.3 is 20.5 Å². The van der Waals surface area contributed by atoms with E-state index in [0.717, 1.165) is 12.8 Å². The molecule has 1 aliphatic rings. The molecule has 0 spiro atoms. The highest BCUT2D eigenvalue weighted by atomic mass is 16.6. The van der Waals surface area contributed by atoms with E-state index in [4.69, 9.17) is 5.11 Å². The molecule has 1 fully saturated rings. The van der Waals surface area contributed by atoms with Gasteiger partial charge in [0.05, 0.1) is 29.5 Å². The predicted octanol–water partition coefficient (Wildman–Crippen LogP) is -0.568. The lowest BCUT2D eigenvalue weighted by Gasteiger charge is -2.13. The molecule has 1 heterocycles. The van der Waals surface area contributed by atoms with Gasteiger partial charge in [-0.1, -0.05) is 0 Å². The third-order valence-corrected chi connectivity index (χ3v) is 2.68. The first-order chi connectivity index (χ1) is 8.04. The molecule has 0 bridgehead atoms.